The van der Waals surface area contributed by atoms with Gasteiger partial charge in [0.1, 0.15) is 0 Å². The van der Waals surface area contributed by atoms with Crippen LogP contribution in [0.5, 0.6) is 0 Å². The maximum Gasteiger partial charge on any atom is 0.312 e. The molecular formula is C9H28N2O2Si4. The van der Waals surface area contributed by atoms with Crippen molar-refractivity contribution in [1.29, 1.82) is 0 Å². The molecule has 0 aromatic carbocycles. The number of nitrogens with zero attached hydrogens (tertiary/aromatic N) is 2. The predicted molar refractivity (Wildman–Crippen MR) is 83.6 cm³/mol. The summed E-state index contributed by atoms with van der Waals surface area (Å²) in [4.78, 5) is 2.29. The largest absolute Gasteiger partial charge is 0.425 e. The van der Waals surface area contributed by atoms with E-state index in [0.29, 0.717) is 0 Å². The zero-order chi connectivity index (χ0) is 13.5. The van der Waals surface area contributed by atoms with Crippen molar-refractivity contribution in [3.05, 3.63) is 0 Å². The van der Waals surface area contributed by atoms with Gasteiger partial charge in [0.25, 0.3) is 0 Å². The highest BCUT2D eigenvalue weighted by molar-refractivity contribution is 7.00. The fourth-order valence-corrected chi connectivity index (χ4v) is 26.5. The third kappa shape index (κ3) is 4.10. The monoisotopic (exact) mass is 308 g/mol. The first kappa shape index (κ1) is 15.8. The molecule has 0 atom stereocenters. The van der Waals surface area contributed by atoms with E-state index in [1.165, 1.54) is 6.17 Å². The standard InChI is InChI=1S/C9H28N2O2Si4/c1-10(2)9-14-11-15(3,4)12-17(7,8)13-16(11,5)6/h9,14H2,1-8H3. The van der Waals surface area contributed by atoms with Crippen molar-refractivity contribution >= 4 is 35.2 Å². The van der Waals surface area contributed by atoms with Crippen LogP contribution in [0.25, 0.3) is 0 Å². The van der Waals surface area contributed by atoms with Crippen LogP contribution in [0.15, 0.2) is 0 Å². The van der Waals surface area contributed by atoms with E-state index in [4.69, 9.17) is 8.23 Å². The predicted octanol–water partition coefficient (Wildman–Crippen LogP) is 1.04. The van der Waals surface area contributed by atoms with Gasteiger partial charge >= 0.3 is 8.56 Å². The van der Waals surface area contributed by atoms with Gasteiger partial charge in [-0.3, -0.25) is 0 Å². The molecule has 1 fully saturated rings. The molecule has 0 N–H and O–H groups in total. The van der Waals surface area contributed by atoms with Crippen molar-refractivity contribution in [3.8, 4) is 0 Å². The Bertz CT molecular complexity index is 264. The smallest absolute Gasteiger partial charge is 0.312 e. The number of rotatable bonds is 3. The molecule has 8 heteroatoms. The first-order valence-corrected chi connectivity index (χ1v) is 16.5. The van der Waals surface area contributed by atoms with Crippen molar-refractivity contribution in [2.45, 2.75) is 39.3 Å². The molecular weight excluding hydrogens is 280 g/mol. The van der Waals surface area contributed by atoms with Gasteiger partial charge < -0.3 is 17.0 Å². The minimum absolute atomic E-state index is 0.284. The molecule has 0 aromatic heterocycles. The molecule has 0 bridgehead atoms. The Morgan fingerprint density at radius 2 is 1.35 bits per heavy atom. The molecule has 4 nitrogen and oxygen atoms in total. The van der Waals surface area contributed by atoms with E-state index in [9.17, 15) is 0 Å². The zero-order valence-corrected chi connectivity index (χ0v) is 17.0. The van der Waals surface area contributed by atoms with E-state index < -0.39 is 25.5 Å². The van der Waals surface area contributed by atoms with Gasteiger partial charge in [-0.05, 0) is 53.4 Å². The Balaban J connectivity index is 2.86. The lowest BCUT2D eigenvalue weighted by atomic mass is 11.0. The van der Waals surface area contributed by atoms with Crippen molar-refractivity contribution in [1.82, 2.24) is 8.80 Å². The first-order chi connectivity index (χ1) is 7.46. The minimum atomic E-state index is -1.87. The van der Waals surface area contributed by atoms with Crippen molar-refractivity contribution in [2.24, 2.45) is 0 Å². The lowest BCUT2D eigenvalue weighted by Crippen LogP contribution is -2.76. The van der Waals surface area contributed by atoms with Gasteiger partial charge in [-0.2, -0.15) is 0 Å². The molecule has 0 amide bonds. The van der Waals surface area contributed by atoms with Crippen LogP contribution in [-0.4, -0.2) is 64.3 Å². The average Bonchev–Trinajstić information content (AvgIpc) is 1.94. The van der Waals surface area contributed by atoms with E-state index in [-0.39, 0.29) is 9.68 Å². The Kier molecular flexibility index (Phi) is 4.64. The normalized spacial score (nSPS) is 28.1. The van der Waals surface area contributed by atoms with Gasteiger partial charge in [0.15, 0.2) is 0 Å². The van der Waals surface area contributed by atoms with E-state index >= 15 is 0 Å². The summed E-state index contributed by atoms with van der Waals surface area (Å²) in [5, 5.41) is 0. The molecule has 1 aliphatic heterocycles. The second-order valence-electron chi connectivity index (χ2n) is 6.45. The quantitative estimate of drug-likeness (QED) is 0.728. The molecule has 0 spiro atoms. The van der Waals surface area contributed by atoms with Gasteiger partial charge in [0, 0.05) is 6.17 Å². The Hall–Kier alpha value is 0.708. The van der Waals surface area contributed by atoms with Crippen molar-refractivity contribution in [3.63, 3.8) is 0 Å². The minimum Gasteiger partial charge on any atom is -0.425 e. The lowest BCUT2D eigenvalue weighted by Gasteiger charge is -2.55. The van der Waals surface area contributed by atoms with E-state index in [0.717, 1.165) is 0 Å². The molecule has 17 heavy (non-hydrogen) atoms. The maximum absolute atomic E-state index is 6.37. The second-order valence-corrected chi connectivity index (χ2v) is 21.0. The van der Waals surface area contributed by atoms with Gasteiger partial charge in [0.05, 0.1) is 9.68 Å². The maximum atomic E-state index is 6.37. The highest BCUT2D eigenvalue weighted by atomic mass is 28.5. The van der Waals surface area contributed by atoms with Gasteiger partial charge in [-0.25, -0.2) is 0 Å². The van der Waals surface area contributed by atoms with E-state index in [1.807, 2.05) is 0 Å². The third-order valence-electron chi connectivity index (χ3n) is 3.06. The molecule has 0 unspecified atom stereocenters. The SMILES string of the molecule is CN(C)C[SiH2]N1[Si](C)(C)O[Si](C)(C)O[Si]1(C)C. The fraction of sp³-hybridized carbons (Fsp3) is 1.00. The van der Waals surface area contributed by atoms with E-state index in [2.05, 4.69) is 62.2 Å². The first-order valence-electron chi connectivity index (χ1n) is 6.29. The molecule has 1 aliphatic rings. The topological polar surface area (TPSA) is 24.9 Å². The van der Waals surface area contributed by atoms with Crippen LogP contribution >= 0.6 is 0 Å². The van der Waals surface area contributed by atoms with Gasteiger partial charge in [0.2, 0.25) is 17.0 Å². The third-order valence-corrected chi connectivity index (χ3v) is 24.3. The Labute approximate surface area is 112 Å². The fourth-order valence-electron chi connectivity index (χ4n) is 2.82. The van der Waals surface area contributed by atoms with Crippen LogP contribution in [0.3, 0.4) is 0 Å². The molecule has 1 saturated heterocycles. The summed E-state index contributed by atoms with van der Waals surface area (Å²) in [5.74, 6) is 0. The van der Waals surface area contributed by atoms with E-state index in [1.54, 1.807) is 0 Å². The molecule has 0 saturated carbocycles. The van der Waals surface area contributed by atoms with Gasteiger partial charge in [-0.15, -0.1) is 0 Å². The lowest BCUT2D eigenvalue weighted by molar-refractivity contribution is 0.323. The molecule has 0 radical (unpaired) electrons. The van der Waals surface area contributed by atoms with Crippen LogP contribution in [0.2, 0.25) is 39.3 Å². The molecule has 102 valence electrons. The highest BCUT2D eigenvalue weighted by Crippen LogP contribution is 2.32. The zero-order valence-electron chi connectivity index (χ0n) is 12.6. The summed E-state index contributed by atoms with van der Waals surface area (Å²) in [5.41, 5.74) is 0. The summed E-state index contributed by atoms with van der Waals surface area (Å²) in [7, 11) is -1.23. The second kappa shape index (κ2) is 5.00. The van der Waals surface area contributed by atoms with Crippen molar-refractivity contribution < 1.29 is 8.23 Å². The van der Waals surface area contributed by atoms with Crippen LogP contribution < -0.4 is 0 Å². The Morgan fingerprint density at radius 3 is 1.71 bits per heavy atom. The number of hydrogen-bond donors (Lipinski definition) is 0. The summed E-state index contributed by atoms with van der Waals surface area (Å²) in [6.45, 7) is 13.8. The van der Waals surface area contributed by atoms with Crippen molar-refractivity contribution in [2.75, 3.05) is 20.3 Å². The average molecular weight is 309 g/mol. The summed E-state index contributed by atoms with van der Waals surface area (Å²) in [6, 6.07) is 0. The summed E-state index contributed by atoms with van der Waals surface area (Å²) < 4.78 is 15.5. The summed E-state index contributed by atoms with van der Waals surface area (Å²) in [6.07, 6.45) is 1.21. The number of hydrogen-bond acceptors (Lipinski definition) is 4. The molecule has 1 rings (SSSR count). The molecule has 0 aliphatic carbocycles. The van der Waals surface area contributed by atoms with Crippen LogP contribution in [0, 0.1) is 0 Å². The summed E-state index contributed by atoms with van der Waals surface area (Å²) >= 11 is 0. The van der Waals surface area contributed by atoms with Crippen LogP contribution in [0.1, 0.15) is 0 Å². The van der Waals surface area contributed by atoms with Gasteiger partial charge in [-0.1, -0.05) is 0 Å². The van der Waals surface area contributed by atoms with Crippen LogP contribution in [0.4, 0.5) is 0 Å². The molecule has 0 aromatic rings. The Morgan fingerprint density at radius 1 is 0.941 bits per heavy atom. The van der Waals surface area contributed by atoms with Crippen LogP contribution in [-0.2, 0) is 8.23 Å². The molecule has 1 heterocycles. The highest BCUT2D eigenvalue weighted by Gasteiger charge is 2.53.